The molecular formula is C86H98Cl4N14O27. The molecule has 0 radical (unpaired) electrons. The Morgan fingerprint density at radius 3 is 2.01 bits per heavy atom. The molecule has 8 aliphatic heterocycles. The lowest BCUT2D eigenvalue weighted by Crippen LogP contribution is -2.65. The van der Waals surface area contributed by atoms with Crippen LogP contribution in [0.5, 0.6) is 46.0 Å². The maximum Gasteiger partial charge on any atom is 0.349 e. The van der Waals surface area contributed by atoms with Gasteiger partial charge in [-0.3, -0.25) is 57.5 Å². The smallest absolute Gasteiger partial charge is 0.349 e. The number of anilines is 1. The number of primary amides is 1. The van der Waals surface area contributed by atoms with E-state index in [1.165, 1.54) is 55.1 Å². The van der Waals surface area contributed by atoms with E-state index < -0.39 is 254 Å². The van der Waals surface area contributed by atoms with Gasteiger partial charge >= 0.3 is 5.69 Å². The highest BCUT2D eigenvalue weighted by molar-refractivity contribution is 6.42. The first-order valence-corrected chi connectivity index (χ1v) is 43.1. The van der Waals surface area contributed by atoms with Crippen LogP contribution in [0.2, 0.25) is 20.1 Å². The zero-order valence-electron chi connectivity index (χ0n) is 70.8. The number of nitrogens with two attached hydrogens (primary N) is 1. The van der Waals surface area contributed by atoms with Crippen molar-refractivity contribution in [3.63, 3.8) is 0 Å². The number of fused-ring (bicyclic) bond motifs is 15. The molecule has 9 heterocycles. The fourth-order valence-electron chi connectivity index (χ4n) is 16.0. The molecule has 41 nitrogen and oxygen atoms in total. The third kappa shape index (κ3) is 22.8. The molecule has 21 N–H and O–H groups in total. The molecule has 1 aromatic heterocycles. The molecule has 3 saturated heterocycles. The monoisotopic (exact) mass is 1900 g/mol. The van der Waals surface area contributed by atoms with Crippen molar-refractivity contribution < 1.29 is 127 Å². The predicted molar refractivity (Wildman–Crippen MR) is 464 cm³/mol. The van der Waals surface area contributed by atoms with Gasteiger partial charge in [0.15, 0.2) is 23.9 Å². The van der Waals surface area contributed by atoms with Gasteiger partial charge in [0, 0.05) is 68.1 Å². The van der Waals surface area contributed by atoms with Crippen LogP contribution in [0.25, 0.3) is 11.1 Å². The van der Waals surface area contributed by atoms with Gasteiger partial charge in [-0.1, -0.05) is 84.5 Å². The van der Waals surface area contributed by atoms with E-state index in [2.05, 4.69) is 58.3 Å². The third-order valence-corrected chi connectivity index (χ3v) is 24.2. The van der Waals surface area contributed by atoms with E-state index in [1.807, 2.05) is 18.7 Å². The van der Waals surface area contributed by atoms with Gasteiger partial charge in [0.05, 0.1) is 77.6 Å². The maximum absolute atomic E-state index is 16.4. The number of aliphatic hydroxyl groups is 6. The molecule has 7 aromatic rings. The molecule has 702 valence electrons. The number of aliphatic hydroxyl groups excluding tert-OH is 6. The fraction of sp³-hybridized carbons (Fsp3) is 0.430. The number of benzene rings is 6. The number of morpholine rings is 1. The molecule has 8 aliphatic rings. The summed E-state index contributed by atoms with van der Waals surface area (Å²) in [5, 5.41) is 131. The average molecular weight is 1900 g/mol. The molecule has 131 heavy (non-hydrogen) atoms. The summed E-state index contributed by atoms with van der Waals surface area (Å²) in [4.78, 5) is 159. The van der Waals surface area contributed by atoms with Crippen molar-refractivity contribution in [2.75, 3.05) is 65.0 Å². The van der Waals surface area contributed by atoms with Gasteiger partial charge in [-0.2, -0.15) is 4.98 Å². The number of hydrogen-bond acceptors (Lipinski definition) is 31. The van der Waals surface area contributed by atoms with Crippen molar-refractivity contribution in [2.45, 2.75) is 169 Å². The highest BCUT2D eigenvalue weighted by Crippen LogP contribution is 2.50. The lowest BCUT2D eigenvalue weighted by molar-refractivity contribution is -0.334. The van der Waals surface area contributed by atoms with E-state index in [-0.39, 0.29) is 84.7 Å². The molecule has 0 aliphatic carbocycles. The van der Waals surface area contributed by atoms with E-state index in [4.69, 9.17) is 90.1 Å². The molecule has 6 aromatic carbocycles. The number of phenols is 3. The third-order valence-electron chi connectivity index (χ3n) is 22.9. The number of aromatic hydroxyl groups is 3. The Morgan fingerprint density at radius 2 is 1.36 bits per heavy atom. The lowest BCUT2D eigenvalue weighted by atomic mass is 9.85. The Bertz CT molecular complexity index is 5540. The second kappa shape index (κ2) is 42.2. The zero-order chi connectivity index (χ0) is 94.3. The van der Waals surface area contributed by atoms with Crippen molar-refractivity contribution in [3.05, 3.63) is 173 Å². The van der Waals surface area contributed by atoms with Crippen LogP contribution in [0.3, 0.4) is 0 Å². The number of carbonyl (C=O) groups is 9. The number of carbonyl (C=O) groups excluding carboxylic acids is 9. The van der Waals surface area contributed by atoms with Gasteiger partial charge in [-0.15, -0.1) is 0 Å². The summed E-state index contributed by atoms with van der Waals surface area (Å²) in [5.74, 6) is -16.0. The van der Waals surface area contributed by atoms with Gasteiger partial charge in [0.2, 0.25) is 59.3 Å². The zero-order valence-corrected chi connectivity index (χ0v) is 73.8. The summed E-state index contributed by atoms with van der Waals surface area (Å²) in [7, 11) is 1.47. The first kappa shape index (κ1) is 97.4. The van der Waals surface area contributed by atoms with Gasteiger partial charge < -0.3 is 133 Å². The normalized spacial score (nSPS) is 26.2. The Balaban J connectivity index is 0.933. The summed E-state index contributed by atoms with van der Waals surface area (Å²) < 4.78 is 46.2. The van der Waals surface area contributed by atoms with Crippen LogP contribution in [0.1, 0.15) is 111 Å². The average Bonchev–Trinajstić information content (AvgIpc) is 0.763. The van der Waals surface area contributed by atoms with Crippen LogP contribution in [0.15, 0.2) is 114 Å². The molecule has 18 atom stereocenters. The minimum atomic E-state index is -2.40. The summed E-state index contributed by atoms with van der Waals surface area (Å²) >= 11 is 26.6. The van der Waals surface area contributed by atoms with Crippen molar-refractivity contribution in [1.29, 1.82) is 0 Å². The largest absolute Gasteiger partial charge is 0.508 e. The number of phenolic OH excluding ortho intramolecular Hbond substituents is 3. The van der Waals surface area contributed by atoms with E-state index in [0.717, 1.165) is 66.7 Å². The van der Waals surface area contributed by atoms with Crippen LogP contribution in [-0.2, 0) is 79.9 Å². The highest BCUT2D eigenvalue weighted by Gasteiger charge is 2.52. The van der Waals surface area contributed by atoms with Crippen LogP contribution in [-0.4, -0.2) is 252 Å². The minimum Gasteiger partial charge on any atom is -0.508 e. The van der Waals surface area contributed by atoms with E-state index in [9.17, 15) is 69.9 Å². The molecule has 0 saturated carbocycles. The summed E-state index contributed by atoms with van der Waals surface area (Å²) in [6, 6.07) is 5.67. The van der Waals surface area contributed by atoms with E-state index >= 15 is 24.0 Å². The Hall–Kier alpha value is -11.2. The molecule has 11 bridgehead atoms. The van der Waals surface area contributed by atoms with Crippen LogP contribution in [0, 0.1) is 5.92 Å². The SMILES string of the molecule is CNC(CC(C)C)C(=O)NC1C(=O)NC(CC(N)=O)C(=O)NC2C(=O)NC3C(=O)NC(C(=O)N[C@@H](C(=O)NOCCN4CCOCC4)c4cc(O)cc(O)c4-c4cc3ccc4O)C(O)c3ccc(c(Cl)c3)Oc3cc2cc(c3OC2OC(CO)C(O)C(O)C2OC2C[C@@](C)(NCCn3ccc(NC(=O)Cc4ccc(Cl)c(Cl)c4)nc3=O)C(O)C(C)O2)Oc2ccc(cc2Cl)C1O. The number of ether oxygens (including phenoxy) is 7. The van der Waals surface area contributed by atoms with Gasteiger partial charge in [-0.25, -0.2) is 10.3 Å². The molecule has 3 fully saturated rings. The van der Waals surface area contributed by atoms with Crippen LogP contribution < -0.4 is 79.0 Å². The van der Waals surface area contributed by atoms with E-state index in [1.54, 1.807) is 13.0 Å². The molecule has 16 unspecified atom stereocenters. The number of likely N-dealkylation sites (N-methyl/N-ethyl adjacent to an activating group) is 1. The van der Waals surface area contributed by atoms with Crippen molar-refractivity contribution >= 4 is 105 Å². The Kier molecular flexibility index (Phi) is 31.3. The number of nitrogens with one attached hydrogen (secondary N) is 10. The number of rotatable bonds is 24. The summed E-state index contributed by atoms with van der Waals surface area (Å²) in [6.07, 6.45) is -18.3. The number of aromatic nitrogens is 2. The highest BCUT2D eigenvalue weighted by atomic mass is 35.5. The first-order chi connectivity index (χ1) is 62.3. The van der Waals surface area contributed by atoms with Crippen LogP contribution in [0.4, 0.5) is 5.82 Å². The second-order valence-electron chi connectivity index (χ2n) is 32.7. The second-order valence-corrected chi connectivity index (χ2v) is 34.4. The number of hydroxylamine groups is 1. The standard InChI is InChI=1S/C86H98Cl4N14O27/c1-37(2)24-51(92-5)77(116)100-68-70(111)41-8-12-55(49(89)28-41)127-57-30-43-31-58(74(57)131-84-75(73(114)72(113)59(36-105)129-84)130-63-35-86(4,76(115)38(3)126-63)93-15-17-104-16-14-61(96-85(104)123)95-62(110)26-39-6-10-47(87)48(88)25-39)128-56-13-9-42(29-50(56)90)71(112)69-82(121)99-67(83(122)102-125-23-20-103-18-21-124-22-19-103)46-32-44(106)33-54(108)64(46)45-27-40(7-11-53(45)107)65(79(118)101-69)98-80(119)66(43)97-78(117)52(34-60(91)109)94-81(68)120/h6-14,16,25,27-33,37-38,51-52,59,63,65-73,75-76,84,92-93,105-108,111-115H,15,17-24,26,34-36H2,1-5H3,(H2,91,109)(H,94,120)(H,97,117)(H,98,119)(H,99,121)(H,100,116)(H,101,118)(H,102,122)(H,95,96,110,123)/t38?,51?,52?,59?,63?,65?,66?,67-,68?,69?,70?,71?,72?,73?,75?,76?,84?,86-/m1/s1. The topological polar surface area (TPSA) is 594 Å². The number of hydrogen-bond donors (Lipinski definition) is 20. The number of amides is 9. The minimum absolute atomic E-state index is 0.0417. The molecule has 15 rings (SSSR count). The first-order valence-electron chi connectivity index (χ1n) is 41.6. The van der Waals surface area contributed by atoms with E-state index in [0.29, 0.717) is 36.9 Å². The lowest BCUT2D eigenvalue weighted by Gasteiger charge is -2.48. The van der Waals surface area contributed by atoms with Gasteiger partial charge in [0.25, 0.3) is 5.91 Å². The van der Waals surface area contributed by atoms with Crippen LogP contribution >= 0.6 is 46.4 Å². The number of nitrogens with zero attached hydrogens (tertiary/aromatic N) is 3. The molecule has 9 amide bonds. The fourth-order valence-corrected chi connectivity index (χ4v) is 16.8. The predicted octanol–water partition coefficient (Wildman–Crippen LogP) is 1.78. The quantitative estimate of drug-likeness (QED) is 0.0303. The maximum atomic E-state index is 16.4. The molecule has 0 spiro atoms. The van der Waals surface area contributed by atoms with Gasteiger partial charge in [0.1, 0.15) is 101 Å². The Labute approximate surface area is 767 Å². The van der Waals surface area contributed by atoms with Crippen molar-refractivity contribution in [1.82, 2.24) is 62.5 Å². The number of halogens is 4. The summed E-state index contributed by atoms with van der Waals surface area (Å²) in [6.45, 7) is 7.63. The van der Waals surface area contributed by atoms with Crippen molar-refractivity contribution in [3.8, 4) is 57.1 Å². The van der Waals surface area contributed by atoms with Gasteiger partial charge in [-0.05, 0) is 139 Å². The molecule has 45 heteroatoms. The Morgan fingerprint density at radius 1 is 0.695 bits per heavy atom. The summed E-state index contributed by atoms with van der Waals surface area (Å²) in [5.41, 5.74) is 3.80. The van der Waals surface area contributed by atoms with Crippen molar-refractivity contribution in [2.24, 2.45) is 11.7 Å². The molecular weight excluding hydrogens is 1800 g/mol.